The second-order valence-electron chi connectivity index (χ2n) is 6.33. The molecule has 0 saturated carbocycles. The molecule has 0 spiro atoms. The standard InChI is InChI=1S/C23H15F2NO3/c24-18-8-4-16(5-9-18)14-28-20-10-6-15(7-11-20)12-21-23(27)29-22(26-21)17-2-1-3-19(25)13-17/h1-13H,14H2/b21-12-. The van der Waals surface area contributed by atoms with Gasteiger partial charge in [0.1, 0.15) is 24.0 Å². The quantitative estimate of drug-likeness (QED) is 0.460. The van der Waals surface area contributed by atoms with Crippen molar-refractivity contribution < 1.29 is 23.0 Å². The Morgan fingerprint density at radius 2 is 1.69 bits per heavy atom. The van der Waals surface area contributed by atoms with E-state index in [1.54, 1.807) is 48.5 Å². The van der Waals surface area contributed by atoms with E-state index in [1.165, 1.54) is 30.3 Å². The zero-order valence-corrected chi connectivity index (χ0v) is 15.1. The molecule has 0 atom stereocenters. The summed E-state index contributed by atoms with van der Waals surface area (Å²) in [5, 5.41) is 0. The van der Waals surface area contributed by atoms with Crippen LogP contribution in [0.4, 0.5) is 8.78 Å². The van der Waals surface area contributed by atoms with E-state index in [0.29, 0.717) is 17.9 Å². The summed E-state index contributed by atoms with van der Waals surface area (Å²) < 4.78 is 37.1. The molecular formula is C23H15F2NO3. The number of ether oxygens (including phenoxy) is 2. The van der Waals surface area contributed by atoms with E-state index in [1.807, 2.05) is 0 Å². The second kappa shape index (κ2) is 8.06. The van der Waals surface area contributed by atoms with Crippen LogP contribution in [0.5, 0.6) is 5.75 Å². The van der Waals surface area contributed by atoms with Crippen molar-refractivity contribution in [2.24, 2.45) is 4.99 Å². The Kier molecular flexibility index (Phi) is 5.16. The summed E-state index contributed by atoms with van der Waals surface area (Å²) in [7, 11) is 0. The lowest BCUT2D eigenvalue weighted by Gasteiger charge is -2.06. The van der Waals surface area contributed by atoms with Crippen LogP contribution in [0.25, 0.3) is 6.08 Å². The molecule has 6 heteroatoms. The average Bonchev–Trinajstić information content (AvgIpc) is 3.09. The lowest BCUT2D eigenvalue weighted by atomic mass is 10.2. The Morgan fingerprint density at radius 3 is 2.41 bits per heavy atom. The predicted octanol–water partition coefficient (Wildman–Crippen LogP) is 4.89. The predicted molar refractivity (Wildman–Crippen MR) is 104 cm³/mol. The molecule has 0 saturated heterocycles. The van der Waals surface area contributed by atoms with Crippen LogP contribution in [0.2, 0.25) is 0 Å². The van der Waals surface area contributed by atoms with Crippen LogP contribution in [0, 0.1) is 11.6 Å². The first-order chi connectivity index (χ1) is 14.1. The zero-order valence-electron chi connectivity index (χ0n) is 15.1. The van der Waals surface area contributed by atoms with Gasteiger partial charge in [-0.05, 0) is 59.7 Å². The number of nitrogens with zero attached hydrogens (tertiary/aromatic N) is 1. The maximum atomic E-state index is 13.3. The second-order valence-corrected chi connectivity index (χ2v) is 6.33. The lowest BCUT2D eigenvalue weighted by molar-refractivity contribution is -0.129. The molecule has 0 fully saturated rings. The number of rotatable bonds is 5. The lowest BCUT2D eigenvalue weighted by Crippen LogP contribution is -2.05. The largest absolute Gasteiger partial charge is 0.489 e. The summed E-state index contributed by atoms with van der Waals surface area (Å²) in [6.45, 7) is 0.314. The molecule has 0 radical (unpaired) electrons. The van der Waals surface area contributed by atoms with Gasteiger partial charge in [-0.15, -0.1) is 0 Å². The van der Waals surface area contributed by atoms with E-state index >= 15 is 0 Å². The number of hydrogen-bond acceptors (Lipinski definition) is 4. The number of halogens is 2. The zero-order chi connectivity index (χ0) is 20.2. The molecular weight excluding hydrogens is 376 g/mol. The smallest absolute Gasteiger partial charge is 0.363 e. The highest BCUT2D eigenvalue weighted by atomic mass is 19.1. The minimum atomic E-state index is -0.596. The molecule has 29 heavy (non-hydrogen) atoms. The Bertz CT molecular complexity index is 1100. The molecule has 0 bridgehead atoms. The van der Waals surface area contributed by atoms with Gasteiger partial charge < -0.3 is 9.47 Å². The van der Waals surface area contributed by atoms with E-state index in [2.05, 4.69) is 4.99 Å². The summed E-state index contributed by atoms with van der Waals surface area (Å²) in [5.41, 5.74) is 2.11. The van der Waals surface area contributed by atoms with Gasteiger partial charge in [0.25, 0.3) is 0 Å². The number of cyclic esters (lactones) is 1. The van der Waals surface area contributed by atoms with Gasteiger partial charge in [0.2, 0.25) is 5.90 Å². The van der Waals surface area contributed by atoms with Gasteiger partial charge in [0.05, 0.1) is 0 Å². The van der Waals surface area contributed by atoms with Gasteiger partial charge in [0.15, 0.2) is 5.70 Å². The van der Waals surface area contributed by atoms with Crippen LogP contribution in [0.3, 0.4) is 0 Å². The molecule has 4 nitrogen and oxygen atoms in total. The summed E-state index contributed by atoms with van der Waals surface area (Å²) in [6.07, 6.45) is 1.58. The van der Waals surface area contributed by atoms with Gasteiger partial charge in [-0.3, -0.25) is 0 Å². The molecule has 0 unspecified atom stereocenters. The fourth-order valence-corrected chi connectivity index (χ4v) is 2.72. The van der Waals surface area contributed by atoms with Crippen molar-refractivity contribution in [1.29, 1.82) is 0 Å². The van der Waals surface area contributed by atoms with Crippen LogP contribution >= 0.6 is 0 Å². The molecule has 0 N–H and O–H groups in total. The minimum Gasteiger partial charge on any atom is -0.489 e. The number of carbonyl (C=O) groups is 1. The summed E-state index contributed by atoms with van der Waals surface area (Å²) in [4.78, 5) is 16.2. The SMILES string of the molecule is O=C1OC(c2cccc(F)c2)=N/C1=C\c1ccc(OCc2ccc(F)cc2)cc1. The highest BCUT2D eigenvalue weighted by molar-refractivity contribution is 6.12. The number of esters is 1. The van der Waals surface area contributed by atoms with Crippen LogP contribution in [0.15, 0.2) is 83.5 Å². The molecule has 0 amide bonds. The molecule has 3 aromatic carbocycles. The molecule has 144 valence electrons. The van der Waals surface area contributed by atoms with Crippen molar-refractivity contribution >= 4 is 17.9 Å². The molecule has 1 aliphatic rings. The van der Waals surface area contributed by atoms with E-state index in [4.69, 9.17) is 9.47 Å². The summed E-state index contributed by atoms with van der Waals surface area (Å²) in [6, 6.07) is 18.8. The van der Waals surface area contributed by atoms with Crippen molar-refractivity contribution in [2.75, 3.05) is 0 Å². The average molecular weight is 391 g/mol. The fraction of sp³-hybridized carbons (Fsp3) is 0.0435. The Balaban J connectivity index is 1.45. The number of benzene rings is 3. The third-order valence-electron chi connectivity index (χ3n) is 4.19. The molecule has 0 aliphatic carbocycles. The monoisotopic (exact) mass is 391 g/mol. The highest BCUT2D eigenvalue weighted by Crippen LogP contribution is 2.21. The van der Waals surface area contributed by atoms with Gasteiger partial charge in [-0.1, -0.05) is 30.3 Å². The topological polar surface area (TPSA) is 47.9 Å². The first-order valence-corrected chi connectivity index (χ1v) is 8.83. The van der Waals surface area contributed by atoms with Crippen LogP contribution in [-0.2, 0) is 16.1 Å². The Hall–Kier alpha value is -3.80. The van der Waals surface area contributed by atoms with Crippen molar-refractivity contribution in [3.8, 4) is 5.75 Å². The van der Waals surface area contributed by atoms with Gasteiger partial charge in [0, 0.05) is 5.56 Å². The van der Waals surface area contributed by atoms with Crippen molar-refractivity contribution in [3.05, 3.63) is 107 Å². The number of carbonyl (C=O) groups excluding carboxylic acids is 1. The third kappa shape index (κ3) is 4.55. The summed E-state index contributed by atoms with van der Waals surface area (Å²) in [5.74, 6) is -0.620. The third-order valence-corrected chi connectivity index (χ3v) is 4.19. The summed E-state index contributed by atoms with van der Waals surface area (Å²) >= 11 is 0. The van der Waals surface area contributed by atoms with Crippen LogP contribution in [-0.4, -0.2) is 11.9 Å². The van der Waals surface area contributed by atoms with Crippen LogP contribution in [0.1, 0.15) is 16.7 Å². The van der Waals surface area contributed by atoms with Crippen LogP contribution < -0.4 is 4.74 Å². The normalized spacial score (nSPS) is 14.6. The van der Waals surface area contributed by atoms with Gasteiger partial charge in [-0.25, -0.2) is 18.6 Å². The maximum absolute atomic E-state index is 13.3. The van der Waals surface area contributed by atoms with E-state index in [0.717, 1.165) is 11.1 Å². The van der Waals surface area contributed by atoms with E-state index in [-0.39, 0.29) is 17.4 Å². The first-order valence-electron chi connectivity index (χ1n) is 8.83. The number of hydrogen-bond donors (Lipinski definition) is 0. The molecule has 1 heterocycles. The molecule has 1 aliphatic heterocycles. The molecule has 3 aromatic rings. The minimum absolute atomic E-state index is 0.0694. The molecule has 0 aromatic heterocycles. The number of aliphatic imine (C=N–C) groups is 1. The first kappa shape index (κ1) is 18.6. The maximum Gasteiger partial charge on any atom is 0.363 e. The van der Waals surface area contributed by atoms with Gasteiger partial charge >= 0.3 is 5.97 Å². The van der Waals surface area contributed by atoms with Crippen molar-refractivity contribution in [2.45, 2.75) is 6.61 Å². The van der Waals surface area contributed by atoms with E-state index in [9.17, 15) is 13.6 Å². The van der Waals surface area contributed by atoms with Crippen molar-refractivity contribution in [3.63, 3.8) is 0 Å². The van der Waals surface area contributed by atoms with Crippen molar-refractivity contribution in [1.82, 2.24) is 0 Å². The van der Waals surface area contributed by atoms with E-state index < -0.39 is 11.8 Å². The fourth-order valence-electron chi connectivity index (χ4n) is 2.72. The Labute approximate surface area is 165 Å². The highest BCUT2D eigenvalue weighted by Gasteiger charge is 2.24. The Morgan fingerprint density at radius 1 is 0.931 bits per heavy atom. The van der Waals surface area contributed by atoms with Gasteiger partial charge in [-0.2, -0.15) is 0 Å². The molecule has 4 rings (SSSR count).